The molecule has 2 aromatic heterocycles. The fourth-order valence-corrected chi connectivity index (χ4v) is 2.50. The topological polar surface area (TPSA) is 64.4 Å². The lowest BCUT2D eigenvalue weighted by atomic mass is 10.1. The largest absolute Gasteiger partial charge is 0.468 e. The summed E-state index contributed by atoms with van der Waals surface area (Å²) in [6.07, 6.45) is -3.30. The summed E-state index contributed by atoms with van der Waals surface area (Å²) in [5.74, 6) is -0.0589. The number of amides is 1. The van der Waals surface area contributed by atoms with Crippen LogP contribution in [0.1, 0.15) is 16.3 Å². The lowest BCUT2D eigenvalue weighted by molar-refractivity contribution is -0.154. The number of ether oxygens (including phenoxy) is 1. The molecule has 3 aromatic rings. The highest BCUT2D eigenvalue weighted by Crippen LogP contribution is 2.32. The SMILES string of the molecule is Cc1ccc(C(=O)Nc2cnc(OCC(F)(F)F)c(-c3ccc(Cl)cc3)c2)o1. The van der Waals surface area contributed by atoms with Gasteiger partial charge >= 0.3 is 6.18 Å². The number of nitrogens with zero attached hydrogens (tertiary/aromatic N) is 1. The Labute approximate surface area is 163 Å². The maximum atomic E-state index is 12.5. The van der Waals surface area contributed by atoms with Crippen LogP contribution in [-0.2, 0) is 0 Å². The second-order valence-electron chi connectivity index (χ2n) is 5.85. The van der Waals surface area contributed by atoms with Gasteiger partial charge in [-0.15, -0.1) is 0 Å². The maximum absolute atomic E-state index is 12.5. The number of aromatic nitrogens is 1. The Hall–Kier alpha value is -3.00. The van der Waals surface area contributed by atoms with Gasteiger partial charge in [-0.25, -0.2) is 4.98 Å². The molecule has 0 aliphatic heterocycles. The quantitative estimate of drug-likeness (QED) is 0.603. The number of halogens is 4. The van der Waals surface area contributed by atoms with Crippen molar-refractivity contribution in [2.45, 2.75) is 13.1 Å². The van der Waals surface area contributed by atoms with E-state index >= 15 is 0 Å². The monoisotopic (exact) mass is 410 g/mol. The minimum Gasteiger partial charge on any atom is -0.468 e. The molecule has 0 bridgehead atoms. The molecule has 0 atom stereocenters. The average Bonchev–Trinajstić information content (AvgIpc) is 3.07. The molecule has 0 aliphatic carbocycles. The van der Waals surface area contributed by atoms with Crippen molar-refractivity contribution in [3.05, 3.63) is 65.2 Å². The maximum Gasteiger partial charge on any atom is 0.422 e. The highest BCUT2D eigenvalue weighted by atomic mass is 35.5. The lowest BCUT2D eigenvalue weighted by Gasteiger charge is -2.14. The van der Waals surface area contributed by atoms with Crippen molar-refractivity contribution >= 4 is 23.2 Å². The first-order chi connectivity index (χ1) is 13.2. The highest BCUT2D eigenvalue weighted by Gasteiger charge is 2.29. The van der Waals surface area contributed by atoms with Crippen LogP contribution in [0.4, 0.5) is 18.9 Å². The van der Waals surface area contributed by atoms with Crippen molar-refractivity contribution in [3.63, 3.8) is 0 Å². The van der Waals surface area contributed by atoms with E-state index in [1.807, 2.05) is 0 Å². The van der Waals surface area contributed by atoms with Crippen LogP contribution in [-0.4, -0.2) is 23.7 Å². The van der Waals surface area contributed by atoms with Crippen LogP contribution >= 0.6 is 11.6 Å². The molecule has 0 spiro atoms. The van der Waals surface area contributed by atoms with Crippen molar-refractivity contribution < 1.29 is 27.1 Å². The van der Waals surface area contributed by atoms with Crippen LogP contribution in [0.25, 0.3) is 11.1 Å². The van der Waals surface area contributed by atoms with Gasteiger partial charge in [-0.2, -0.15) is 13.2 Å². The molecule has 2 heterocycles. The van der Waals surface area contributed by atoms with E-state index in [9.17, 15) is 18.0 Å². The van der Waals surface area contributed by atoms with E-state index < -0.39 is 18.7 Å². The van der Waals surface area contributed by atoms with Crippen molar-refractivity contribution in [1.29, 1.82) is 0 Å². The molecule has 28 heavy (non-hydrogen) atoms. The Morgan fingerprint density at radius 3 is 2.54 bits per heavy atom. The Kier molecular flexibility index (Phi) is 5.60. The third kappa shape index (κ3) is 5.04. The minimum absolute atomic E-state index is 0.0999. The van der Waals surface area contributed by atoms with Gasteiger partial charge < -0.3 is 14.5 Å². The first-order valence-electron chi connectivity index (χ1n) is 8.04. The first-order valence-corrected chi connectivity index (χ1v) is 8.42. The molecule has 5 nitrogen and oxygen atoms in total. The van der Waals surface area contributed by atoms with Gasteiger partial charge in [0.05, 0.1) is 11.9 Å². The molecule has 1 N–H and O–H groups in total. The summed E-state index contributed by atoms with van der Waals surface area (Å²) in [4.78, 5) is 16.2. The molecule has 0 saturated carbocycles. The number of pyridine rings is 1. The van der Waals surface area contributed by atoms with Crippen LogP contribution in [0, 0.1) is 6.92 Å². The van der Waals surface area contributed by atoms with E-state index in [0.717, 1.165) is 0 Å². The number of anilines is 1. The van der Waals surface area contributed by atoms with Gasteiger partial charge in [-0.1, -0.05) is 23.7 Å². The third-order valence-corrected chi connectivity index (χ3v) is 3.85. The zero-order valence-corrected chi connectivity index (χ0v) is 15.3. The first kappa shape index (κ1) is 19.8. The predicted octanol–water partition coefficient (Wildman–Crippen LogP) is 5.50. The molecule has 0 aliphatic rings. The summed E-state index contributed by atoms with van der Waals surface area (Å²) in [5.41, 5.74) is 1.07. The standard InChI is InChI=1S/C19H14ClF3N2O3/c1-11-2-7-16(28-11)17(26)25-14-8-15(12-3-5-13(20)6-4-12)18(24-9-14)27-10-19(21,22)23/h2-9H,10H2,1H3,(H,25,26). The summed E-state index contributed by atoms with van der Waals surface area (Å²) in [5, 5.41) is 3.06. The Balaban J connectivity index is 1.91. The molecule has 3 rings (SSSR count). The lowest BCUT2D eigenvalue weighted by Crippen LogP contribution is -2.20. The third-order valence-electron chi connectivity index (χ3n) is 3.60. The van der Waals surface area contributed by atoms with Crippen molar-refractivity contribution in [3.8, 4) is 17.0 Å². The summed E-state index contributed by atoms with van der Waals surface area (Å²) < 4.78 is 47.7. The number of carbonyl (C=O) groups is 1. The van der Waals surface area contributed by atoms with Gasteiger partial charge in [0.1, 0.15) is 5.76 Å². The number of nitrogens with one attached hydrogen (secondary N) is 1. The van der Waals surface area contributed by atoms with E-state index in [1.165, 1.54) is 18.3 Å². The average molecular weight is 411 g/mol. The van der Waals surface area contributed by atoms with Crippen LogP contribution < -0.4 is 10.1 Å². The van der Waals surface area contributed by atoms with Gasteiger partial charge in [-0.3, -0.25) is 4.79 Å². The highest BCUT2D eigenvalue weighted by molar-refractivity contribution is 6.30. The summed E-state index contributed by atoms with van der Waals surface area (Å²) >= 11 is 5.87. The predicted molar refractivity (Wildman–Crippen MR) is 97.6 cm³/mol. The Bertz CT molecular complexity index is 985. The van der Waals surface area contributed by atoms with Crippen LogP contribution in [0.3, 0.4) is 0 Å². The Morgan fingerprint density at radius 2 is 1.93 bits per heavy atom. The number of aryl methyl sites for hydroxylation is 1. The van der Waals surface area contributed by atoms with Gasteiger partial charge in [0.2, 0.25) is 5.88 Å². The summed E-state index contributed by atoms with van der Waals surface area (Å²) in [7, 11) is 0. The molecule has 0 fully saturated rings. The van der Waals surface area contributed by atoms with Crippen LogP contribution in [0.15, 0.2) is 53.1 Å². The molecule has 9 heteroatoms. The van der Waals surface area contributed by atoms with E-state index in [0.29, 0.717) is 16.3 Å². The van der Waals surface area contributed by atoms with Crippen molar-refractivity contribution in [2.24, 2.45) is 0 Å². The minimum atomic E-state index is -4.51. The number of hydrogen-bond donors (Lipinski definition) is 1. The van der Waals surface area contributed by atoms with Gasteiger partial charge in [0.15, 0.2) is 12.4 Å². The van der Waals surface area contributed by atoms with Gasteiger partial charge in [0.25, 0.3) is 5.91 Å². The van der Waals surface area contributed by atoms with E-state index in [1.54, 1.807) is 37.3 Å². The van der Waals surface area contributed by atoms with E-state index in [4.69, 9.17) is 20.8 Å². The molecule has 0 unspecified atom stereocenters. The normalized spacial score (nSPS) is 11.3. The fourth-order valence-electron chi connectivity index (χ4n) is 2.37. The second kappa shape index (κ2) is 7.93. The molecular weight excluding hydrogens is 397 g/mol. The molecule has 1 amide bonds. The molecule has 146 valence electrons. The number of hydrogen-bond acceptors (Lipinski definition) is 4. The fraction of sp³-hybridized carbons (Fsp3) is 0.158. The number of rotatable bonds is 5. The van der Waals surface area contributed by atoms with Crippen molar-refractivity contribution in [2.75, 3.05) is 11.9 Å². The van der Waals surface area contributed by atoms with Crippen LogP contribution in [0.5, 0.6) is 5.88 Å². The van der Waals surface area contributed by atoms with E-state index in [-0.39, 0.29) is 22.9 Å². The molecular formula is C19H14ClF3N2O3. The summed E-state index contributed by atoms with van der Waals surface area (Å²) in [6.45, 7) is 0.210. The Morgan fingerprint density at radius 1 is 1.21 bits per heavy atom. The van der Waals surface area contributed by atoms with Gasteiger partial charge in [-0.05, 0) is 42.8 Å². The zero-order valence-electron chi connectivity index (χ0n) is 14.5. The number of alkyl halides is 3. The van der Waals surface area contributed by atoms with Crippen molar-refractivity contribution in [1.82, 2.24) is 4.98 Å². The second-order valence-corrected chi connectivity index (χ2v) is 6.29. The number of furan rings is 1. The smallest absolute Gasteiger partial charge is 0.422 e. The number of benzene rings is 1. The molecule has 0 saturated heterocycles. The summed E-state index contributed by atoms with van der Waals surface area (Å²) in [6, 6.07) is 11.0. The number of carbonyl (C=O) groups excluding carboxylic acids is 1. The van der Waals surface area contributed by atoms with Gasteiger partial charge in [0, 0.05) is 10.6 Å². The zero-order chi connectivity index (χ0) is 20.3. The molecule has 1 aromatic carbocycles. The molecule has 0 radical (unpaired) electrons. The van der Waals surface area contributed by atoms with Crippen LogP contribution in [0.2, 0.25) is 5.02 Å². The van der Waals surface area contributed by atoms with E-state index in [2.05, 4.69) is 10.3 Å².